The molecule has 7 heteroatoms. The van der Waals surface area contributed by atoms with Crippen LogP contribution >= 0.6 is 0 Å². The van der Waals surface area contributed by atoms with Crippen LogP contribution < -0.4 is 11.5 Å². The molecule has 0 unspecified atom stereocenters. The first-order valence-electron chi connectivity index (χ1n) is 3.88. The Balaban J connectivity index is 0. The zero-order valence-corrected chi connectivity index (χ0v) is 8.54. The fourth-order valence-electron chi connectivity index (χ4n) is 0.632. The number of carbonyl (C=O) groups is 1. The van der Waals surface area contributed by atoms with E-state index in [0.717, 1.165) is 12.8 Å². The van der Waals surface area contributed by atoms with Gasteiger partial charge in [-0.1, -0.05) is 6.42 Å². The molecular weight excluding hydrogens is 191 g/mol. The molecule has 0 rings (SSSR count). The molecule has 0 saturated heterocycles. The normalized spacial score (nSPS) is 11.1. The lowest BCUT2D eigenvalue weighted by Crippen LogP contribution is -2.29. The topological polar surface area (TPSA) is 130 Å². The van der Waals surface area contributed by atoms with Crippen molar-refractivity contribution in [1.29, 1.82) is 0 Å². The molecule has 0 aliphatic rings. The number of unbranched alkanes of at least 4 members (excludes halogenated alkanes) is 1. The molecule has 0 aromatic rings. The highest BCUT2D eigenvalue weighted by Crippen LogP contribution is 1.96. The Hall–Kier alpha value is -0.158. The van der Waals surface area contributed by atoms with Crippen molar-refractivity contribution in [2.45, 2.75) is 25.3 Å². The summed E-state index contributed by atoms with van der Waals surface area (Å²) in [5, 5.41) is 8.33. The van der Waals surface area contributed by atoms with Crippen molar-refractivity contribution < 1.29 is 18.2 Å². The summed E-state index contributed by atoms with van der Waals surface area (Å²) in [6, 6.07) is -0.716. The number of rotatable bonds is 5. The molecule has 0 aliphatic carbocycles. The van der Waals surface area contributed by atoms with Crippen molar-refractivity contribution in [3.63, 3.8) is 0 Å². The maximum atomic E-state index is 10.1. The van der Waals surface area contributed by atoms with Crippen LogP contribution in [0, 0.1) is 0 Å². The standard InChI is InChI=1S/C6H14N2O2.Al.2H2O/c7-4-2-1-3-5(8)6(9)10;;;/h5H,1-4,7-8H2,(H,9,10);;2*1H2/q;+2;;/p-2/t5-;;;/m0.../s1. The fraction of sp³-hybridized carbons (Fsp3) is 0.833. The average Bonchev–Trinajstić information content (AvgIpc) is 2.06. The molecule has 0 fully saturated rings. The van der Waals surface area contributed by atoms with E-state index in [1.54, 1.807) is 0 Å². The predicted octanol–water partition coefficient (Wildman–Crippen LogP) is -1.97. The van der Waals surface area contributed by atoms with Crippen LogP contribution in [0.5, 0.6) is 0 Å². The first-order valence-corrected chi connectivity index (χ1v) is 4.92. The van der Waals surface area contributed by atoms with Crippen LogP contribution in [0.3, 0.4) is 0 Å². The average molecular weight is 207 g/mol. The van der Waals surface area contributed by atoms with E-state index in [9.17, 15) is 4.79 Å². The molecule has 0 spiro atoms. The van der Waals surface area contributed by atoms with Gasteiger partial charge >= 0.3 is 21.9 Å². The van der Waals surface area contributed by atoms with Gasteiger partial charge in [-0.3, -0.25) is 4.79 Å². The number of hydrogen-bond donors (Lipinski definition) is 5. The van der Waals surface area contributed by atoms with Crippen LogP contribution in [0.1, 0.15) is 19.3 Å². The Morgan fingerprint density at radius 3 is 2.15 bits per heavy atom. The van der Waals surface area contributed by atoms with E-state index < -0.39 is 27.9 Å². The molecule has 0 amide bonds. The molecule has 13 heavy (non-hydrogen) atoms. The van der Waals surface area contributed by atoms with Gasteiger partial charge in [0.25, 0.3) is 0 Å². The minimum atomic E-state index is -1.25. The minimum Gasteiger partial charge on any atom is -0.499 e. The highest BCUT2D eigenvalue weighted by atomic mass is 27.2. The smallest absolute Gasteiger partial charge is 0.499 e. The van der Waals surface area contributed by atoms with Gasteiger partial charge < -0.3 is 24.9 Å². The molecule has 7 N–H and O–H groups in total. The van der Waals surface area contributed by atoms with Crippen molar-refractivity contribution in [3.8, 4) is 0 Å². The summed E-state index contributed by atoms with van der Waals surface area (Å²) in [7, 11) is 0. The first kappa shape index (κ1) is 15.3. The van der Waals surface area contributed by atoms with Crippen molar-refractivity contribution in [2.75, 3.05) is 6.54 Å². The van der Waals surface area contributed by atoms with Gasteiger partial charge in [-0.2, -0.15) is 0 Å². The first-order chi connectivity index (χ1) is 6.09. The van der Waals surface area contributed by atoms with Gasteiger partial charge in [0.1, 0.15) is 6.04 Å². The van der Waals surface area contributed by atoms with Crippen LogP contribution in [0.15, 0.2) is 0 Å². The van der Waals surface area contributed by atoms with E-state index in [0.29, 0.717) is 13.0 Å². The zero-order valence-electron chi connectivity index (χ0n) is 7.39. The number of carboxylic acid groups (broad SMARTS) is 1. The summed E-state index contributed by atoms with van der Waals surface area (Å²) in [6.07, 6.45) is 2.16. The van der Waals surface area contributed by atoms with E-state index in [-0.39, 0.29) is 0 Å². The lowest BCUT2D eigenvalue weighted by molar-refractivity contribution is -0.138. The number of aliphatic carboxylic acids is 1. The summed E-state index contributed by atoms with van der Waals surface area (Å²) in [5.74, 6) is -0.933. The summed E-state index contributed by atoms with van der Waals surface area (Å²) >= 11 is -1.25. The van der Waals surface area contributed by atoms with Crippen LogP contribution in [-0.2, 0) is 4.79 Å². The van der Waals surface area contributed by atoms with Crippen molar-refractivity contribution in [2.24, 2.45) is 11.5 Å². The Bertz CT molecular complexity index is 125. The zero-order chi connectivity index (χ0) is 10.7. The summed E-state index contributed by atoms with van der Waals surface area (Å²) in [6.45, 7) is 0.604. The summed E-state index contributed by atoms with van der Waals surface area (Å²) < 4.78 is 14.4. The molecule has 77 valence electrons. The molecule has 0 aromatic carbocycles. The molecule has 0 bridgehead atoms. The molecule has 0 aliphatic heterocycles. The predicted molar refractivity (Wildman–Crippen MR) is 48.7 cm³/mol. The molecule has 0 aromatic heterocycles. The quantitative estimate of drug-likeness (QED) is 0.263. The van der Waals surface area contributed by atoms with E-state index in [4.69, 9.17) is 24.9 Å². The van der Waals surface area contributed by atoms with Gasteiger partial charge in [-0.05, 0) is 19.4 Å². The monoisotopic (exact) mass is 207 g/mol. The van der Waals surface area contributed by atoms with Crippen LogP contribution in [0.2, 0.25) is 0 Å². The molecule has 1 radical (unpaired) electrons. The van der Waals surface area contributed by atoms with Gasteiger partial charge in [0.2, 0.25) is 0 Å². The highest BCUT2D eigenvalue weighted by molar-refractivity contribution is 6.13. The number of nitrogens with two attached hydrogens (primary N) is 2. The lowest BCUT2D eigenvalue weighted by atomic mass is 10.1. The van der Waals surface area contributed by atoms with Gasteiger partial charge in [0.05, 0.1) is 0 Å². The SMILES string of the molecule is NCCCC[C@H](N)C(=O)O.[OH][Al][OH]. The van der Waals surface area contributed by atoms with Gasteiger partial charge in [0, 0.05) is 0 Å². The second-order valence-corrected chi connectivity index (χ2v) is 2.58. The molecule has 6 nitrogen and oxygen atoms in total. The summed E-state index contributed by atoms with van der Waals surface area (Å²) in [4.78, 5) is 10.1. The summed E-state index contributed by atoms with van der Waals surface area (Å²) in [5.41, 5.74) is 10.4. The Morgan fingerprint density at radius 2 is 1.85 bits per heavy atom. The largest absolute Gasteiger partial charge is 0.662 e. The van der Waals surface area contributed by atoms with Crippen LogP contribution in [0.4, 0.5) is 0 Å². The molecule has 0 heterocycles. The van der Waals surface area contributed by atoms with Crippen LogP contribution in [-0.4, -0.2) is 47.9 Å². The van der Waals surface area contributed by atoms with Crippen molar-refractivity contribution >= 4 is 21.9 Å². The van der Waals surface area contributed by atoms with E-state index in [1.807, 2.05) is 0 Å². The molecule has 0 saturated carbocycles. The third-order valence-electron chi connectivity index (χ3n) is 1.29. The Morgan fingerprint density at radius 1 is 1.38 bits per heavy atom. The van der Waals surface area contributed by atoms with Crippen molar-refractivity contribution in [1.82, 2.24) is 0 Å². The second-order valence-electron chi connectivity index (χ2n) is 2.34. The van der Waals surface area contributed by atoms with Crippen LogP contribution in [0.25, 0.3) is 0 Å². The van der Waals surface area contributed by atoms with E-state index in [2.05, 4.69) is 0 Å². The second kappa shape index (κ2) is 11.8. The lowest BCUT2D eigenvalue weighted by Gasteiger charge is -2.03. The van der Waals surface area contributed by atoms with Gasteiger partial charge in [-0.15, -0.1) is 0 Å². The Labute approximate surface area is 83.9 Å². The van der Waals surface area contributed by atoms with Gasteiger partial charge in [-0.25, -0.2) is 0 Å². The van der Waals surface area contributed by atoms with E-state index in [1.165, 1.54) is 0 Å². The Kier molecular flexibility index (Phi) is 14.0. The van der Waals surface area contributed by atoms with Gasteiger partial charge in [0.15, 0.2) is 0 Å². The highest BCUT2D eigenvalue weighted by Gasteiger charge is 2.09. The minimum absolute atomic E-state index is 0.520. The third-order valence-corrected chi connectivity index (χ3v) is 1.29. The number of hydrogen-bond acceptors (Lipinski definition) is 5. The maximum Gasteiger partial charge on any atom is 0.662 e. The van der Waals surface area contributed by atoms with E-state index >= 15 is 0 Å². The maximum absolute atomic E-state index is 10.1. The molecular formula is C6H16AlN2O4. The number of carboxylic acids is 1. The van der Waals surface area contributed by atoms with Crippen molar-refractivity contribution in [3.05, 3.63) is 0 Å². The molecule has 1 atom stereocenters. The third kappa shape index (κ3) is 14.7. The fourth-order valence-corrected chi connectivity index (χ4v) is 0.632.